The zero-order chi connectivity index (χ0) is 13.3. The Kier molecular flexibility index (Phi) is 4.18. The molecule has 0 heterocycles. The van der Waals surface area contributed by atoms with Crippen molar-refractivity contribution in [2.45, 2.75) is 71.2 Å². The van der Waals surface area contributed by atoms with Crippen molar-refractivity contribution in [3.8, 4) is 0 Å². The van der Waals surface area contributed by atoms with E-state index < -0.39 is 6.29 Å². The fourth-order valence-electron chi connectivity index (χ4n) is 3.97. The van der Waals surface area contributed by atoms with Crippen LogP contribution in [0.15, 0.2) is 12.2 Å². The van der Waals surface area contributed by atoms with Crippen LogP contribution in [0.25, 0.3) is 0 Å². The van der Waals surface area contributed by atoms with Crippen molar-refractivity contribution in [2.24, 2.45) is 17.8 Å². The van der Waals surface area contributed by atoms with Gasteiger partial charge in [-0.3, -0.25) is 0 Å². The normalized spacial score (nSPS) is 39.1. The maximum absolute atomic E-state index is 10.1. The van der Waals surface area contributed by atoms with Crippen LogP contribution in [0.1, 0.15) is 59.3 Å². The minimum atomic E-state index is -0.793. The van der Waals surface area contributed by atoms with Crippen molar-refractivity contribution >= 4 is 0 Å². The smallest absolute Gasteiger partial charge is 0.177 e. The summed E-state index contributed by atoms with van der Waals surface area (Å²) < 4.78 is 6.18. The van der Waals surface area contributed by atoms with Crippen molar-refractivity contribution in [1.82, 2.24) is 0 Å². The molecule has 0 aliphatic heterocycles. The Labute approximate surface area is 111 Å². The number of rotatable bonds is 4. The van der Waals surface area contributed by atoms with Gasteiger partial charge in [-0.25, -0.2) is 0 Å². The first-order valence-electron chi connectivity index (χ1n) is 7.48. The van der Waals surface area contributed by atoms with Crippen LogP contribution in [0.2, 0.25) is 0 Å². The molecule has 1 N–H and O–H groups in total. The standard InChI is InChI=1S/C16H28O2/c1-11(2)15(17)18-16(14-7-5-6-8-14)10-9-12(3)13(16)4/h12-15,17H,1,5-10H2,2-4H3. The number of aliphatic hydroxyl groups is 1. The van der Waals surface area contributed by atoms with Gasteiger partial charge in [0.1, 0.15) is 0 Å². The highest BCUT2D eigenvalue weighted by Crippen LogP contribution is 2.52. The van der Waals surface area contributed by atoms with Gasteiger partial charge in [-0.05, 0) is 55.9 Å². The summed E-state index contributed by atoms with van der Waals surface area (Å²) in [4.78, 5) is 0. The minimum absolute atomic E-state index is 0.103. The van der Waals surface area contributed by atoms with E-state index in [-0.39, 0.29) is 5.60 Å². The van der Waals surface area contributed by atoms with Gasteiger partial charge in [0, 0.05) is 0 Å². The van der Waals surface area contributed by atoms with Crippen molar-refractivity contribution in [2.75, 3.05) is 0 Å². The Morgan fingerprint density at radius 1 is 1.28 bits per heavy atom. The fraction of sp³-hybridized carbons (Fsp3) is 0.875. The average molecular weight is 252 g/mol. The third kappa shape index (κ3) is 2.37. The molecule has 2 aliphatic rings. The van der Waals surface area contributed by atoms with E-state index in [0.717, 1.165) is 12.0 Å². The van der Waals surface area contributed by atoms with Crippen LogP contribution in [-0.2, 0) is 4.74 Å². The van der Waals surface area contributed by atoms with Crippen LogP contribution in [0.5, 0.6) is 0 Å². The molecule has 0 aromatic heterocycles. The second-order valence-electron chi connectivity index (χ2n) is 6.56. The van der Waals surface area contributed by atoms with Gasteiger partial charge in [-0.1, -0.05) is 33.3 Å². The summed E-state index contributed by atoms with van der Waals surface area (Å²) in [6.45, 7) is 10.3. The minimum Gasteiger partial charge on any atom is -0.364 e. The first-order valence-corrected chi connectivity index (χ1v) is 7.48. The van der Waals surface area contributed by atoms with E-state index in [2.05, 4.69) is 20.4 Å². The highest BCUT2D eigenvalue weighted by Gasteiger charge is 2.51. The maximum atomic E-state index is 10.1. The van der Waals surface area contributed by atoms with Gasteiger partial charge in [0.2, 0.25) is 0 Å². The highest BCUT2D eigenvalue weighted by molar-refractivity contribution is 5.03. The molecule has 2 rings (SSSR count). The molecule has 0 amide bonds. The van der Waals surface area contributed by atoms with Crippen LogP contribution < -0.4 is 0 Å². The Balaban J connectivity index is 2.19. The predicted octanol–water partition coefficient (Wildman–Crippen LogP) is 3.89. The summed E-state index contributed by atoms with van der Waals surface area (Å²) in [6, 6.07) is 0. The third-order valence-electron chi connectivity index (χ3n) is 5.41. The molecule has 2 fully saturated rings. The lowest BCUT2D eigenvalue weighted by molar-refractivity contribution is -0.204. The summed E-state index contributed by atoms with van der Waals surface area (Å²) in [6.07, 6.45) is 6.70. The van der Waals surface area contributed by atoms with Crippen molar-refractivity contribution in [1.29, 1.82) is 0 Å². The summed E-state index contributed by atoms with van der Waals surface area (Å²) in [5, 5.41) is 10.1. The highest BCUT2D eigenvalue weighted by atomic mass is 16.6. The van der Waals surface area contributed by atoms with E-state index in [0.29, 0.717) is 17.8 Å². The average Bonchev–Trinajstić information content (AvgIpc) is 2.93. The Hall–Kier alpha value is -0.340. The maximum Gasteiger partial charge on any atom is 0.177 e. The van der Waals surface area contributed by atoms with Gasteiger partial charge >= 0.3 is 0 Å². The summed E-state index contributed by atoms with van der Waals surface area (Å²) >= 11 is 0. The molecular formula is C16H28O2. The zero-order valence-electron chi connectivity index (χ0n) is 12.1. The molecule has 4 unspecified atom stereocenters. The largest absolute Gasteiger partial charge is 0.364 e. The van der Waals surface area contributed by atoms with Crippen LogP contribution in [0, 0.1) is 17.8 Å². The molecule has 4 atom stereocenters. The quantitative estimate of drug-likeness (QED) is 0.607. The summed E-state index contributed by atoms with van der Waals surface area (Å²) in [7, 11) is 0. The molecule has 0 aromatic carbocycles. The molecule has 2 aliphatic carbocycles. The first-order chi connectivity index (χ1) is 8.47. The van der Waals surface area contributed by atoms with Gasteiger partial charge in [0.05, 0.1) is 5.60 Å². The second kappa shape index (κ2) is 5.34. The predicted molar refractivity (Wildman–Crippen MR) is 74.2 cm³/mol. The number of aliphatic hydroxyl groups excluding tert-OH is 1. The van der Waals surface area contributed by atoms with Crippen LogP contribution in [0.3, 0.4) is 0 Å². The molecule has 0 saturated heterocycles. The third-order valence-corrected chi connectivity index (χ3v) is 5.41. The van der Waals surface area contributed by atoms with E-state index in [4.69, 9.17) is 4.74 Å². The van der Waals surface area contributed by atoms with Crippen LogP contribution in [0.4, 0.5) is 0 Å². The SMILES string of the molecule is C=C(C)C(O)OC1(C2CCCC2)CCC(C)C1C. The van der Waals surface area contributed by atoms with Gasteiger partial charge < -0.3 is 9.84 Å². The summed E-state index contributed by atoms with van der Waals surface area (Å²) in [5.41, 5.74) is 0.619. The molecule has 104 valence electrons. The molecule has 0 radical (unpaired) electrons. The monoisotopic (exact) mass is 252 g/mol. The fourth-order valence-corrected chi connectivity index (χ4v) is 3.97. The van der Waals surface area contributed by atoms with Crippen molar-refractivity contribution in [3.63, 3.8) is 0 Å². The molecule has 2 nitrogen and oxygen atoms in total. The molecule has 0 spiro atoms. The van der Waals surface area contributed by atoms with Crippen molar-refractivity contribution < 1.29 is 9.84 Å². The van der Waals surface area contributed by atoms with Crippen molar-refractivity contribution in [3.05, 3.63) is 12.2 Å². The van der Waals surface area contributed by atoms with Gasteiger partial charge in [0.25, 0.3) is 0 Å². The Morgan fingerprint density at radius 2 is 1.89 bits per heavy atom. The summed E-state index contributed by atoms with van der Waals surface area (Å²) in [5.74, 6) is 1.86. The Bertz CT molecular complexity index is 306. The molecule has 18 heavy (non-hydrogen) atoms. The van der Waals surface area contributed by atoms with E-state index >= 15 is 0 Å². The molecule has 0 aromatic rings. The van der Waals surface area contributed by atoms with E-state index in [1.165, 1.54) is 32.1 Å². The first kappa shape index (κ1) is 14.1. The lowest BCUT2D eigenvalue weighted by Crippen LogP contribution is -2.46. The zero-order valence-corrected chi connectivity index (χ0v) is 12.1. The van der Waals surface area contributed by atoms with Gasteiger partial charge in [-0.15, -0.1) is 0 Å². The van der Waals surface area contributed by atoms with E-state index in [1.807, 2.05) is 6.92 Å². The van der Waals surface area contributed by atoms with E-state index in [1.54, 1.807) is 0 Å². The van der Waals surface area contributed by atoms with E-state index in [9.17, 15) is 5.11 Å². The molecule has 0 bridgehead atoms. The number of hydrogen-bond acceptors (Lipinski definition) is 2. The molecular weight excluding hydrogens is 224 g/mol. The lowest BCUT2D eigenvalue weighted by atomic mass is 9.76. The number of ether oxygens (including phenoxy) is 1. The van der Waals surface area contributed by atoms with Gasteiger partial charge in [0.15, 0.2) is 6.29 Å². The molecule has 2 saturated carbocycles. The lowest BCUT2D eigenvalue weighted by Gasteiger charge is -2.42. The Morgan fingerprint density at radius 3 is 2.33 bits per heavy atom. The topological polar surface area (TPSA) is 29.5 Å². The van der Waals surface area contributed by atoms with Crippen LogP contribution >= 0.6 is 0 Å². The second-order valence-corrected chi connectivity index (χ2v) is 6.56. The molecule has 2 heteroatoms. The van der Waals surface area contributed by atoms with Gasteiger partial charge in [-0.2, -0.15) is 0 Å². The van der Waals surface area contributed by atoms with Crippen LogP contribution in [-0.4, -0.2) is 17.0 Å². The number of hydrogen-bond donors (Lipinski definition) is 1.